The zero-order valence-electron chi connectivity index (χ0n) is 16.5. The highest BCUT2D eigenvalue weighted by Gasteiger charge is 2.37. The van der Waals surface area contributed by atoms with Gasteiger partial charge in [-0.15, -0.1) is 0 Å². The van der Waals surface area contributed by atoms with Crippen molar-refractivity contribution in [2.24, 2.45) is 5.92 Å². The second-order valence-electron chi connectivity index (χ2n) is 7.71. The molecular formula is C21H26ClFN2O4. The molecule has 0 radical (unpaired) electrons. The fraction of sp³-hybridized carbons (Fsp3) is 0.571. The van der Waals surface area contributed by atoms with E-state index < -0.39 is 11.9 Å². The van der Waals surface area contributed by atoms with E-state index in [4.69, 9.17) is 16.3 Å². The van der Waals surface area contributed by atoms with Gasteiger partial charge < -0.3 is 15.0 Å². The molecule has 2 amide bonds. The maximum absolute atomic E-state index is 13.2. The number of halogens is 2. The minimum Gasteiger partial charge on any atom is -0.467 e. The second kappa shape index (κ2) is 9.57. The maximum Gasteiger partial charge on any atom is 0.328 e. The maximum atomic E-state index is 13.2. The molecule has 8 heteroatoms. The molecule has 2 aliphatic rings. The molecule has 2 fully saturated rings. The van der Waals surface area contributed by atoms with Crippen LogP contribution in [-0.4, -0.2) is 48.4 Å². The molecule has 1 aromatic rings. The molecule has 3 rings (SSSR count). The van der Waals surface area contributed by atoms with Gasteiger partial charge in [-0.3, -0.25) is 9.59 Å². The van der Waals surface area contributed by atoms with Crippen LogP contribution in [0.3, 0.4) is 0 Å². The highest BCUT2D eigenvalue weighted by atomic mass is 35.5. The first kappa shape index (κ1) is 21.6. The van der Waals surface area contributed by atoms with E-state index in [2.05, 4.69) is 5.32 Å². The highest BCUT2D eigenvalue weighted by molar-refractivity contribution is 6.33. The van der Waals surface area contributed by atoms with Crippen LogP contribution < -0.4 is 5.32 Å². The van der Waals surface area contributed by atoms with Crippen LogP contribution >= 0.6 is 11.6 Å². The number of nitrogens with zero attached hydrogens (tertiary/aromatic N) is 1. The normalized spacial score (nSPS) is 24.7. The summed E-state index contributed by atoms with van der Waals surface area (Å²) in [5, 5.41) is 3.00. The molecule has 1 atom stereocenters. The number of ether oxygens (including phenoxy) is 1. The Labute approximate surface area is 174 Å². The number of hydrogen-bond donors (Lipinski definition) is 1. The van der Waals surface area contributed by atoms with Crippen LogP contribution in [0.15, 0.2) is 18.2 Å². The van der Waals surface area contributed by atoms with E-state index in [-0.39, 0.29) is 40.3 Å². The quantitative estimate of drug-likeness (QED) is 0.752. The number of rotatable bonds is 4. The molecule has 0 aromatic heterocycles. The Hall–Kier alpha value is -2.15. The number of esters is 1. The zero-order valence-corrected chi connectivity index (χ0v) is 17.2. The van der Waals surface area contributed by atoms with E-state index in [1.54, 1.807) is 4.90 Å². The lowest BCUT2D eigenvalue weighted by atomic mass is 9.84. The highest BCUT2D eigenvalue weighted by Crippen LogP contribution is 2.29. The van der Waals surface area contributed by atoms with Gasteiger partial charge in [0.25, 0.3) is 5.91 Å². The van der Waals surface area contributed by atoms with Crippen LogP contribution in [0.4, 0.5) is 4.39 Å². The molecule has 1 heterocycles. The third-order valence-corrected chi connectivity index (χ3v) is 6.16. The van der Waals surface area contributed by atoms with Crippen molar-refractivity contribution in [3.63, 3.8) is 0 Å². The van der Waals surface area contributed by atoms with E-state index in [0.717, 1.165) is 18.9 Å². The summed E-state index contributed by atoms with van der Waals surface area (Å²) in [6.07, 6.45) is 5.06. The summed E-state index contributed by atoms with van der Waals surface area (Å²) in [5.74, 6) is -1.33. The van der Waals surface area contributed by atoms with Gasteiger partial charge >= 0.3 is 5.97 Å². The van der Waals surface area contributed by atoms with Gasteiger partial charge in [-0.25, -0.2) is 9.18 Å². The van der Waals surface area contributed by atoms with Crippen molar-refractivity contribution in [3.8, 4) is 0 Å². The smallest absolute Gasteiger partial charge is 0.328 e. The average molecular weight is 425 g/mol. The molecule has 158 valence electrons. The number of likely N-dealkylation sites (tertiary alicyclic amines) is 1. The van der Waals surface area contributed by atoms with Gasteiger partial charge in [0.2, 0.25) is 5.91 Å². The van der Waals surface area contributed by atoms with Crippen molar-refractivity contribution in [1.82, 2.24) is 10.2 Å². The van der Waals surface area contributed by atoms with E-state index in [0.29, 0.717) is 38.6 Å². The summed E-state index contributed by atoms with van der Waals surface area (Å²) < 4.78 is 18.0. The lowest BCUT2D eigenvalue weighted by Gasteiger charge is -2.38. The molecule has 1 aliphatic heterocycles. The fourth-order valence-corrected chi connectivity index (χ4v) is 4.49. The lowest BCUT2D eigenvalue weighted by molar-refractivity contribution is -0.156. The summed E-state index contributed by atoms with van der Waals surface area (Å²) >= 11 is 5.96. The SMILES string of the molecule is COC(=O)C1CCCCN1C(=O)C1CCC(NC(=O)c2ccc(F)cc2Cl)CC1. The van der Waals surface area contributed by atoms with E-state index in [1.165, 1.54) is 19.2 Å². The predicted molar refractivity (Wildman–Crippen MR) is 106 cm³/mol. The molecule has 0 bridgehead atoms. The molecule has 1 saturated heterocycles. The summed E-state index contributed by atoms with van der Waals surface area (Å²) in [7, 11) is 1.35. The van der Waals surface area contributed by atoms with Crippen LogP contribution in [-0.2, 0) is 14.3 Å². The Kier molecular flexibility index (Phi) is 7.11. The van der Waals surface area contributed by atoms with Crippen molar-refractivity contribution >= 4 is 29.4 Å². The van der Waals surface area contributed by atoms with Gasteiger partial charge in [-0.05, 0) is 63.1 Å². The summed E-state index contributed by atoms with van der Waals surface area (Å²) in [6.45, 7) is 0.582. The van der Waals surface area contributed by atoms with Crippen LogP contribution in [0, 0.1) is 11.7 Å². The largest absolute Gasteiger partial charge is 0.467 e. The molecule has 29 heavy (non-hydrogen) atoms. The molecule has 0 spiro atoms. The molecule has 1 unspecified atom stereocenters. The van der Waals surface area contributed by atoms with Crippen LogP contribution in [0.2, 0.25) is 5.02 Å². The van der Waals surface area contributed by atoms with Crippen molar-refractivity contribution in [2.75, 3.05) is 13.7 Å². The van der Waals surface area contributed by atoms with Gasteiger partial charge in [-0.2, -0.15) is 0 Å². The van der Waals surface area contributed by atoms with Crippen LogP contribution in [0.1, 0.15) is 55.3 Å². The average Bonchev–Trinajstić information content (AvgIpc) is 2.73. The van der Waals surface area contributed by atoms with Crippen molar-refractivity contribution in [2.45, 2.75) is 57.0 Å². The number of benzene rings is 1. The summed E-state index contributed by atoms with van der Waals surface area (Å²) in [4.78, 5) is 39.1. The number of carbonyl (C=O) groups is 3. The van der Waals surface area contributed by atoms with Gasteiger partial charge in [0.1, 0.15) is 11.9 Å². The first-order valence-electron chi connectivity index (χ1n) is 10.0. The molecule has 1 saturated carbocycles. The second-order valence-corrected chi connectivity index (χ2v) is 8.12. The minimum atomic E-state index is -0.492. The third-order valence-electron chi connectivity index (χ3n) is 5.85. The third kappa shape index (κ3) is 5.07. The number of nitrogens with one attached hydrogen (secondary N) is 1. The Morgan fingerprint density at radius 1 is 1.14 bits per heavy atom. The minimum absolute atomic E-state index is 0.00598. The van der Waals surface area contributed by atoms with E-state index >= 15 is 0 Å². The molecular weight excluding hydrogens is 399 g/mol. The predicted octanol–water partition coefficient (Wildman–Crippen LogP) is 3.32. The zero-order chi connectivity index (χ0) is 21.0. The summed E-state index contributed by atoms with van der Waals surface area (Å²) in [6, 6.07) is 3.13. The Balaban J connectivity index is 1.55. The van der Waals surface area contributed by atoms with Crippen molar-refractivity contribution in [1.29, 1.82) is 0 Å². The molecule has 6 nitrogen and oxygen atoms in total. The number of hydrogen-bond acceptors (Lipinski definition) is 4. The topological polar surface area (TPSA) is 75.7 Å². The Bertz CT molecular complexity index is 780. The number of carbonyl (C=O) groups excluding carboxylic acids is 3. The number of amides is 2. The van der Waals surface area contributed by atoms with E-state index in [1.807, 2.05) is 0 Å². The molecule has 1 aromatic carbocycles. The molecule has 1 aliphatic carbocycles. The van der Waals surface area contributed by atoms with Crippen molar-refractivity contribution < 1.29 is 23.5 Å². The van der Waals surface area contributed by atoms with Crippen LogP contribution in [0.5, 0.6) is 0 Å². The van der Waals surface area contributed by atoms with Gasteiger partial charge in [0, 0.05) is 18.5 Å². The first-order chi connectivity index (χ1) is 13.9. The van der Waals surface area contributed by atoms with Crippen molar-refractivity contribution in [3.05, 3.63) is 34.6 Å². The van der Waals surface area contributed by atoms with E-state index in [9.17, 15) is 18.8 Å². The number of methoxy groups -OCH3 is 1. The monoisotopic (exact) mass is 424 g/mol. The number of piperidine rings is 1. The Morgan fingerprint density at radius 3 is 2.52 bits per heavy atom. The standard InChI is InChI=1S/C21H26ClFN2O4/c1-29-21(28)18-4-2-3-11-25(18)20(27)13-5-8-15(9-6-13)24-19(26)16-10-7-14(23)12-17(16)22/h7,10,12-13,15,18H,2-6,8-9,11H2,1H3,(H,24,26). The van der Waals surface area contributed by atoms with Gasteiger partial charge in [0.15, 0.2) is 0 Å². The first-order valence-corrected chi connectivity index (χ1v) is 10.4. The van der Waals surface area contributed by atoms with Gasteiger partial charge in [-0.1, -0.05) is 11.6 Å². The Morgan fingerprint density at radius 2 is 1.86 bits per heavy atom. The summed E-state index contributed by atoms with van der Waals surface area (Å²) in [5.41, 5.74) is 0.237. The van der Waals surface area contributed by atoms with Gasteiger partial charge in [0.05, 0.1) is 17.7 Å². The lowest BCUT2D eigenvalue weighted by Crippen LogP contribution is -2.51. The molecule has 1 N–H and O–H groups in total. The van der Waals surface area contributed by atoms with Crippen LogP contribution in [0.25, 0.3) is 0 Å². The fourth-order valence-electron chi connectivity index (χ4n) is 4.23.